The quantitative estimate of drug-likeness (QED) is 0.738. The van der Waals surface area contributed by atoms with E-state index in [0.717, 1.165) is 41.5 Å². The standard InChI is InChI=1S/C22H26BN3O2.C2H6/c1-5-25(6-2)22(28)14-10-16-15-8-7-9-18-20(15)17(11-19(16)24(4)12-14)21(23)26(18)13(3)27;1-2/h7-10,14,19H,5-6,11-12H2,1-4H3;1-2H3. The summed E-state index contributed by atoms with van der Waals surface area (Å²) in [6.45, 7) is 11.7. The number of nitrogens with zero attached hydrogens (tertiary/aromatic N) is 3. The zero-order valence-electron chi connectivity index (χ0n) is 19.0. The molecular weight excluding hydrogens is 373 g/mol. The van der Waals surface area contributed by atoms with Crippen LogP contribution in [-0.4, -0.2) is 66.8 Å². The zero-order chi connectivity index (χ0) is 22.2. The molecule has 2 aromatic rings. The molecule has 2 atom stereocenters. The van der Waals surface area contributed by atoms with Gasteiger partial charge in [-0.15, -0.1) is 0 Å². The lowest BCUT2D eigenvalue weighted by molar-refractivity contribution is -0.134. The zero-order valence-corrected chi connectivity index (χ0v) is 19.0. The van der Waals surface area contributed by atoms with E-state index in [2.05, 4.69) is 24.1 Å². The molecule has 2 unspecified atom stereocenters. The molecule has 1 aromatic carbocycles. The number of aromatic nitrogens is 1. The first kappa shape index (κ1) is 22.4. The van der Waals surface area contributed by atoms with E-state index >= 15 is 0 Å². The number of carbonyl (C=O) groups is 2. The molecule has 0 N–H and O–H groups in total. The van der Waals surface area contributed by atoms with Crippen LogP contribution in [0.5, 0.6) is 0 Å². The molecule has 0 spiro atoms. The first-order valence-corrected chi connectivity index (χ1v) is 11.0. The van der Waals surface area contributed by atoms with Crippen LogP contribution in [0.1, 0.15) is 50.5 Å². The first-order chi connectivity index (χ1) is 14.4. The van der Waals surface area contributed by atoms with E-state index in [1.807, 2.05) is 44.7 Å². The van der Waals surface area contributed by atoms with Gasteiger partial charge in [-0.2, -0.15) is 0 Å². The normalized spacial score (nSPS) is 20.1. The molecule has 0 saturated carbocycles. The van der Waals surface area contributed by atoms with Crippen molar-refractivity contribution in [3.05, 3.63) is 35.4 Å². The Hall–Kier alpha value is -2.34. The molecule has 5 nitrogen and oxygen atoms in total. The number of rotatable bonds is 3. The van der Waals surface area contributed by atoms with Crippen molar-refractivity contribution in [3.8, 4) is 0 Å². The maximum atomic E-state index is 13.0. The van der Waals surface area contributed by atoms with Crippen molar-refractivity contribution in [2.75, 3.05) is 26.7 Å². The van der Waals surface area contributed by atoms with Gasteiger partial charge in [0.25, 0.3) is 0 Å². The van der Waals surface area contributed by atoms with Gasteiger partial charge in [-0.25, -0.2) is 0 Å². The predicted molar refractivity (Wildman–Crippen MR) is 124 cm³/mol. The summed E-state index contributed by atoms with van der Waals surface area (Å²) in [6.07, 6.45) is 2.92. The van der Waals surface area contributed by atoms with E-state index in [-0.39, 0.29) is 23.8 Å². The van der Waals surface area contributed by atoms with E-state index in [4.69, 9.17) is 7.85 Å². The summed E-state index contributed by atoms with van der Waals surface area (Å²) in [6, 6.07) is 6.18. The van der Waals surface area contributed by atoms with Gasteiger partial charge in [0.1, 0.15) is 7.85 Å². The Morgan fingerprint density at radius 3 is 2.47 bits per heavy atom. The summed E-state index contributed by atoms with van der Waals surface area (Å²) in [7, 11) is 8.47. The van der Waals surface area contributed by atoms with Gasteiger partial charge in [-0.1, -0.05) is 32.1 Å². The highest BCUT2D eigenvalue weighted by Crippen LogP contribution is 2.41. The Bertz CT molecular complexity index is 1000. The summed E-state index contributed by atoms with van der Waals surface area (Å²) in [4.78, 5) is 29.4. The highest BCUT2D eigenvalue weighted by atomic mass is 16.2. The van der Waals surface area contributed by atoms with Crippen LogP contribution < -0.4 is 5.59 Å². The van der Waals surface area contributed by atoms with Crippen LogP contribution in [0.4, 0.5) is 0 Å². The second-order valence-electron chi connectivity index (χ2n) is 7.82. The topological polar surface area (TPSA) is 45.6 Å². The third-order valence-electron chi connectivity index (χ3n) is 6.31. The number of hydrogen-bond donors (Lipinski definition) is 0. The van der Waals surface area contributed by atoms with Crippen LogP contribution in [0.15, 0.2) is 24.3 Å². The molecular formula is C24H32BN3O2. The average Bonchev–Trinajstić information content (AvgIpc) is 3.03. The summed E-state index contributed by atoms with van der Waals surface area (Å²) >= 11 is 0. The van der Waals surface area contributed by atoms with Gasteiger partial charge >= 0.3 is 0 Å². The Kier molecular flexibility index (Phi) is 6.56. The molecule has 1 aliphatic carbocycles. The minimum atomic E-state index is -0.153. The van der Waals surface area contributed by atoms with Gasteiger partial charge in [-0.05, 0) is 55.7 Å². The fourth-order valence-electron chi connectivity index (χ4n) is 4.93. The van der Waals surface area contributed by atoms with Crippen LogP contribution in [0.25, 0.3) is 16.5 Å². The number of likely N-dealkylation sites (N-methyl/N-ethyl adjacent to an activating group) is 1. The summed E-state index contributed by atoms with van der Waals surface area (Å²) in [5.41, 5.74) is 4.72. The second-order valence-corrected chi connectivity index (χ2v) is 7.82. The number of benzene rings is 1. The third-order valence-corrected chi connectivity index (χ3v) is 6.31. The Labute approximate surface area is 181 Å². The van der Waals surface area contributed by atoms with Crippen molar-refractivity contribution in [1.29, 1.82) is 0 Å². The fourth-order valence-corrected chi connectivity index (χ4v) is 4.93. The minimum Gasteiger partial charge on any atom is -0.343 e. The third kappa shape index (κ3) is 3.41. The largest absolute Gasteiger partial charge is 0.343 e. The Balaban J connectivity index is 0.00000124. The van der Waals surface area contributed by atoms with E-state index in [1.54, 1.807) is 11.5 Å². The summed E-state index contributed by atoms with van der Waals surface area (Å²) < 4.78 is 1.62. The average molecular weight is 405 g/mol. The number of carbonyl (C=O) groups excluding carboxylic acids is 2. The van der Waals surface area contributed by atoms with Crippen LogP contribution in [-0.2, 0) is 11.2 Å². The van der Waals surface area contributed by atoms with Crippen molar-refractivity contribution in [1.82, 2.24) is 14.4 Å². The second kappa shape index (κ2) is 8.80. The molecule has 2 radical (unpaired) electrons. The van der Waals surface area contributed by atoms with E-state index in [0.29, 0.717) is 12.1 Å². The lowest BCUT2D eigenvalue weighted by Crippen LogP contribution is -2.48. The lowest BCUT2D eigenvalue weighted by Gasteiger charge is -2.40. The monoisotopic (exact) mass is 405 g/mol. The van der Waals surface area contributed by atoms with E-state index in [1.165, 1.54) is 5.57 Å². The molecule has 0 saturated heterocycles. The van der Waals surface area contributed by atoms with Crippen LogP contribution in [0, 0.1) is 5.92 Å². The highest BCUT2D eigenvalue weighted by Gasteiger charge is 2.37. The Morgan fingerprint density at radius 2 is 1.87 bits per heavy atom. The minimum absolute atomic E-state index is 0.0762. The van der Waals surface area contributed by atoms with Crippen LogP contribution in [0.3, 0.4) is 0 Å². The molecule has 2 heterocycles. The van der Waals surface area contributed by atoms with Crippen molar-refractivity contribution in [2.24, 2.45) is 5.92 Å². The van der Waals surface area contributed by atoms with Crippen molar-refractivity contribution in [2.45, 2.75) is 47.1 Å². The van der Waals surface area contributed by atoms with Crippen molar-refractivity contribution < 1.29 is 9.59 Å². The molecule has 1 aromatic heterocycles. The lowest BCUT2D eigenvalue weighted by atomic mass is 9.77. The fraction of sp³-hybridized carbons (Fsp3) is 0.500. The SMILES string of the molecule is CC.[B]c1c2c3c(cccc3n1C(C)=O)C1=CC(C(=O)N(CC)CC)CN(C)C1C2. The Morgan fingerprint density at radius 1 is 1.20 bits per heavy atom. The van der Waals surface area contributed by atoms with Crippen LogP contribution >= 0.6 is 0 Å². The molecule has 4 rings (SSSR count). The summed E-state index contributed by atoms with van der Waals surface area (Å²) in [5, 5.41) is 1.06. The molecule has 30 heavy (non-hydrogen) atoms. The molecule has 158 valence electrons. The van der Waals surface area contributed by atoms with Gasteiger partial charge in [0, 0.05) is 38.0 Å². The number of fused-ring (bicyclic) bond motifs is 2. The van der Waals surface area contributed by atoms with Crippen LogP contribution in [0.2, 0.25) is 0 Å². The molecule has 1 amide bonds. The van der Waals surface area contributed by atoms with E-state index < -0.39 is 0 Å². The van der Waals surface area contributed by atoms with E-state index in [9.17, 15) is 9.59 Å². The van der Waals surface area contributed by atoms with Gasteiger partial charge in [-0.3, -0.25) is 19.1 Å². The molecule has 0 bridgehead atoms. The molecule has 6 heteroatoms. The molecule has 1 aliphatic heterocycles. The first-order valence-electron chi connectivity index (χ1n) is 11.0. The van der Waals surface area contributed by atoms with Gasteiger partial charge in [0.05, 0.1) is 11.4 Å². The van der Waals surface area contributed by atoms with Gasteiger partial charge < -0.3 is 4.90 Å². The maximum absolute atomic E-state index is 13.0. The van der Waals surface area contributed by atoms with Crippen molar-refractivity contribution in [3.63, 3.8) is 0 Å². The predicted octanol–water partition coefficient (Wildman–Crippen LogP) is 2.86. The molecule has 0 fully saturated rings. The van der Waals surface area contributed by atoms with Crippen molar-refractivity contribution >= 4 is 41.7 Å². The summed E-state index contributed by atoms with van der Waals surface area (Å²) in [5.74, 6) is -0.0468. The number of hydrogen-bond acceptors (Lipinski definition) is 3. The highest BCUT2D eigenvalue weighted by molar-refractivity contribution is 6.36. The maximum Gasteiger partial charge on any atom is 0.230 e. The smallest absolute Gasteiger partial charge is 0.230 e. The van der Waals surface area contributed by atoms with Gasteiger partial charge in [0.15, 0.2) is 0 Å². The number of amides is 1. The molecule has 2 aliphatic rings. The van der Waals surface area contributed by atoms with Gasteiger partial charge in [0.2, 0.25) is 11.8 Å².